The molecule has 2 atom stereocenters. The monoisotopic (exact) mass is 296 g/mol. The number of hydrogen-bond donors (Lipinski definition) is 1. The van der Waals surface area contributed by atoms with E-state index in [0.29, 0.717) is 25.4 Å². The van der Waals surface area contributed by atoms with E-state index in [1.54, 1.807) is 4.31 Å². The maximum Gasteiger partial charge on any atom is 0.214 e. The lowest BCUT2D eigenvalue weighted by atomic mass is 9.95. The second-order valence-electron chi connectivity index (χ2n) is 6.00. The predicted molar refractivity (Wildman–Crippen MR) is 82.0 cm³/mol. The van der Waals surface area contributed by atoms with Crippen LogP contribution in [0.15, 0.2) is 30.3 Å². The molecule has 0 unspecified atom stereocenters. The zero-order chi connectivity index (χ0) is 14.8. The van der Waals surface area contributed by atoms with Crippen molar-refractivity contribution in [2.24, 2.45) is 11.7 Å². The van der Waals surface area contributed by atoms with Crippen LogP contribution in [0.1, 0.15) is 31.7 Å². The van der Waals surface area contributed by atoms with Crippen molar-refractivity contribution in [3.63, 3.8) is 0 Å². The SMILES string of the molecule is CC(C)CCS(=O)(=O)N1C[C@@H](N)[C@H](c2ccccc2)C1. The molecule has 0 amide bonds. The average Bonchev–Trinajstić information content (AvgIpc) is 2.80. The van der Waals surface area contributed by atoms with Gasteiger partial charge in [0.25, 0.3) is 0 Å². The van der Waals surface area contributed by atoms with Crippen LogP contribution in [-0.2, 0) is 10.0 Å². The van der Waals surface area contributed by atoms with Crippen molar-refractivity contribution in [1.29, 1.82) is 0 Å². The first-order chi connectivity index (χ1) is 9.40. The molecule has 1 heterocycles. The van der Waals surface area contributed by atoms with Gasteiger partial charge in [-0.25, -0.2) is 8.42 Å². The molecule has 2 N–H and O–H groups in total. The van der Waals surface area contributed by atoms with Gasteiger partial charge in [0.15, 0.2) is 0 Å². The van der Waals surface area contributed by atoms with E-state index in [2.05, 4.69) is 0 Å². The fourth-order valence-corrected chi connectivity index (χ4v) is 4.40. The van der Waals surface area contributed by atoms with Crippen molar-refractivity contribution in [3.8, 4) is 0 Å². The Labute approximate surface area is 122 Å². The highest BCUT2D eigenvalue weighted by atomic mass is 32.2. The van der Waals surface area contributed by atoms with Crippen molar-refractivity contribution >= 4 is 10.0 Å². The lowest BCUT2D eigenvalue weighted by Crippen LogP contribution is -2.34. The fourth-order valence-electron chi connectivity index (χ4n) is 2.59. The van der Waals surface area contributed by atoms with E-state index in [1.165, 1.54) is 0 Å². The normalized spacial score (nSPS) is 24.4. The molecule has 112 valence electrons. The molecule has 1 aromatic rings. The minimum Gasteiger partial charge on any atom is -0.326 e. The van der Waals surface area contributed by atoms with Gasteiger partial charge in [0.2, 0.25) is 10.0 Å². The van der Waals surface area contributed by atoms with Crippen LogP contribution in [0.25, 0.3) is 0 Å². The van der Waals surface area contributed by atoms with Gasteiger partial charge in [-0.15, -0.1) is 0 Å². The second kappa shape index (κ2) is 6.24. The molecular weight excluding hydrogens is 272 g/mol. The Bertz CT molecular complexity index is 528. The molecule has 0 radical (unpaired) electrons. The first-order valence-corrected chi connectivity index (χ1v) is 8.79. The quantitative estimate of drug-likeness (QED) is 0.901. The van der Waals surface area contributed by atoms with E-state index in [4.69, 9.17) is 5.73 Å². The lowest BCUT2D eigenvalue weighted by molar-refractivity contribution is 0.463. The third-order valence-electron chi connectivity index (χ3n) is 3.91. The number of nitrogens with two attached hydrogens (primary N) is 1. The summed E-state index contributed by atoms with van der Waals surface area (Å²) in [6.45, 7) is 5.02. The summed E-state index contributed by atoms with van der Waals surface area (Å²) >= 11 is 0. The standard InChI is InChI=1S/C15H24N2O2S/c1-12(2)8-9-20(18,19)17-10-14(15(16)11-17)13-6-4-3-5-7-13/h3-7,12,14-15H,8-11,16H2,1-2H3/t14-,15+/m0/s1. The Morgan fingerprint density at radius 1 is 1.25 bits per heavy atom. The average molecular weight is 296 g/mol. The van der Waals surface area contributed by atoms with Crippen LogP contribution in [0.3, 0.4) is 0 Å². The van der Waals surface area contributed by atoms with Gasteiger partial charge in [0.05, 0.1) is 5.75 Å². The molecule has 1 aliphatic heterocycles. The van der Waals surface area contributed by atoms with E-state index < -0.39 is 10.0 Å². The second-order valence-corrected chi connectivity index (χ2v) is 8.09. The predicted octanol–water partition coefficient (Wildman–Crippen LogP) is 1.79. The number of rotatable bonds is 5. The summed E-state index contributed by atoms with van der Waals surface area (Å²) in [5.74, 6) is 0.717. The Morgan fingerprint density at radius 3 is 2.50 bits per heavy atom. The molecular formula is C15H24N2O2S. The van der Waals surface area contributed by atoms with Crippen LogP contribution in [0.4, 0.5) is 0 Å². The van der Waals surface area contributed by atoms with Gasteiger partial charge in [-0.1, -0.05) is 44.2 Å². The van der Waals surface area contributed by atoms with Gasteiger partial charge < -0.3 is 5.73 Å². The lowest BCUT2D eigenvalue weighted by Gasteiger charge is -2.17. The highest BCUT2D eigenvalue weighted by Crippen LogP contribution is 2.28. The Kier molecular flexibility index (Phi) is 4.83. The molecule has 1 aromatic carbocycles. The van der Waals surface area contributed by atoms with Crippen LogP contribution >= 0.6 is 0 Å². The summed E-state index contributed by atoms with van der Waals surface area (Å²) in [5, 5.41) is 0. The van der Waals surface area contributed by atoms with Gasteiger partial charge in [-0.2, -0.15) is 4.31 Å². The minimum atomic E-state index is -3.18. The first kappa shape index (κ1) is 15.5. The topological polar surface area (TPSA) is 63.4 Å². The maximum atomic E-state index is 12.3. The molecule has 4 nitrogen and oxygen atoms in total. The third kappa shape index (κ3) is 3.59. The Balaban J connectivity index is 2.07. The number of nitrogens with zero attached hydrogens (tertiary/aromatic N) is 1. The van der Waals surface area contributed by atoms with Crippen molar-refractivity contribution in [2.75, 3.05) is 18.8 Å². The molecule has 20 heavy (non-hydrogen) atoms. The summed E-state index contributed by atoms with van der Waals surface area (Å²) in [6, 6.07) is 9.83. The van der Waals surface area contributed by atoms with Gasteiger partial charge in [-0.05, 0) is 17.9 Å². The van der Waals surface area contributed by atoms with E-state index in [-0.39, 0.29) is 17.7 Å². The highest BCUT2D eigenvalue weighted by molar-refractivity contribution is 7.89. The molecule has 2 rings (SSSR count). The Morgan fingerprint density at radius 2 is 1.90 bits per heavy atom. The molecule has 1 saturated heterocycles. The van der Waals surface area contributed by atoms with Crippen LogP contribution in [0.2, 0.25) is 0 Å². The van der Waals surface area contributed by atoms with Crippen molar-refractivity contribution in [1.82, 2.24) is 4.31 Å². The maximum absolute atomic E-state index is 12.3. The van der Waals surface area contributed by atoms with Crippen molar-refractivity contribution < 1.29 is 8.42 Å². The summed E-state index contributed by atoms with van der Waals surface area (Å²) in [6.07, 6.45) is 0.698. The number of benzene rings is 1. The van der Waals surface area contributed by atoms with E-state index in [9.17, 15) is 8.42 Å². The molecule has 5 heteroatoms. The zero-order valence-electron chi connectivity index (χ0n) is 12.2. The summed E-state index contributed by atoms with van der Waals surface area (Å²) < 4.78 is 26.2. The van der Waals surface area contributed by atoms with Gasteiger partial charge in [0.1, 0.15) is 0 Å². The number of hydrogen-bond acceptors (Lipinski definition) is 3. The summed E-state index contributed by atoms with van der Waals surface area (Å²) in [5.41, 5.74) is 7.27. The number of sulfonamides is 1. The molecule has 0 bridgehead atoms. The van der Waals surface area contributed by atoms with Gasteiger partial charge >= 0.3 is 0 Å². The first-order valence-electron chi connectivity index (χ1n) is 7.18. The molecule has 0 aromatic heterocycles. The van der Waals surface area contributed by atoms with Crippen LogP contribution in [0.5, 0.6) is 0 Å². The van der Waals surface area contributed by atoms with Gasteiger partial charge in [0, 0.05) is 25.0 Å². The molecule has 0 aliphatic carbocycles. The van der Waals surface area contributed by atoms with E-state index in [1.807, 2.05) is 44.2 Å². The van der Waals surface area contributed by atoms with Crippen molar-refractivity contribution in [2.45, 2.75) is 32.2 Å². The summed E-state index contributed by atoms with van der Waals surface area (Å²) in [7, 11) is -3.18. The van der Waals surface area contributed by atoms with Crippen LogP contribution in [-0.4, -0.2) is 37.6 Å². The largest absolute Gasteiger partial charge is 0.326 e. The van der Waals surface area contributed by atoms with Crippen LogP contribution in [0, 0.1) is 5.92 Å². The Hall–Kier alpha value is -0.910. The smallest absolute Gasteiger partial charge is 0.214 e. The minimum absolute atomic E-state index is 0.102. The molecule has 1 fully saturated rings. The van der Waals surface area contributed by atoms with Gasteiger partial charge in [-0.3, -0.25) is 0 Å². The third-order valence-corrected chi connectivity index (χ3v) is 5.74. The van der Waals surface area contributed by atoms with Crippen molar-refractivity contribution in [3.05, 3.63) is 35.9 Å². The molecule has 0 spiro atoms. The zero-order valence-corrected chi connectivity index (χ0v) is 13.0. The fraction of sp³-hybridized carbons (Fsp3) is 0.600. The highest BCUT2D eigenvalue weighted by Gasteiger charge is 2.37. The molecule has 0 saturated carbocycles. The van der Waals surface area contributed by atoms with Crippen LogP contribution < -0.4 is 5.73 Å². The molecule has 1 aliphatic rings. The van der Waals surface area contributed by atoms with E-state index >= 15 is 0 Å². The van der Waals surface area contributed by atoms with E-state index in [0.717, 1.165) is 5.56 Å². The summed E-state index contributed by atoms with van der Waals surface area (Å²) in [4.78, 5) is 0.